The molecule has 0 saturated heterocycles. The predicted molar refractivity (Wildman–Crippen MR) is 81.8 cm³/mol. The Bertz CT molecular complexity index is 739. The van der Waals surface area contributed by atoms with Gasteiger partial charge in [0.1, 0.15) is 12.3 Å². The fourth-order valence-corrected chi connectivity index (χ4v) is 2.02. The van der Waals surface area contributed by atoms with E-state index in [0.29, 0.717) is 11.9 Å². The van der Waals surface area contributed by atoms with Gasteiger partial charge < -0.3 is 4.74 Å². The highest BCUT2D eigenvalue weighted by Crippen LogP contribution is 2.17. The van der Waals surface area contributed by atoms with Crippen molar-refractivity contribution in [3.8, 4) is 11.7 Å². The van der Waals surface area contributed by atoms with Crippen LogP contribution in [0.25, 0.3) is 5.69 Å². The van der Waals surface area contributed by atoms with Crippen molar-refractivity contribution in [1.82, 2.24) is 25.0 Å². The van der Waals surface area contributed by atoms with Crippen LogP contribution in [0.15, 0.2) is 48.9 Å². The van der Waals surface area contributed by atoms with Crippen LogP contribution in [0.5, 0.6) is 6.01 Å². The van der Waals surface area contributed by atoms with Gasteiger partial charge in [0, 0.05) is 12.4 Å². The molecule has 1 aromatic carbocycles. The molecule has 0 aliphatic carbocycles. The Morgan fingerprint density at radius 3 is 2.73 bits per heavy atom. The van der Waals surface area contributed by atoms with Gasteiger partial charge in [0.05, 0.1) is 11.9 Å². The summed E-state index contributed by atoms with van der Waals surface area (Å²) in [4.78, 5) is 8.00. The van der Waals surface area contributed by atoms with Crippen LogP contribution in [0.2, 0.25) is 0 Å². The summed E-state index contributed by atoms with van der Waals surface area (Å²) in [6.45, 7) is 4.62. The van der Waals surface area contributed by atoms with E-state index >= 15 is 0 Å². The lowest BCUT2D eigenvalue weighted by Crippen LogP contribution is -1.99. The van der Waals surface area contributed by atoms with Crippen molar-refractivity contribution in [3.05, 3.63) is 60.2 Å². The molecule has 0 aliphatic heterocycles. The first-order chi connectivity index (χ1) is 10.7. The molecule has 0 spiro atoms. The molecule has 0 saturated carbocycles. The molecule has 112 valence electrons. The first-order valence-corrected chi connectivity index (χ1v) is 7.14. The van der Waals surface area contributed by atoms with Crippen LogP contribution < -0.4 is 4.74 Å². The molecule has 0 N–H and O–H groups in total. The van der Waals surface area contributed by atoms with Gasteiger partial charge >= 0.3 is 6.01 Å². The molecule has 6 heteroatoms. The van der Waals surface area contributed by atoms with E-state index in [9.17, 15) is 0 Å². The van der Waals surface area contributed by atoms with Crippen molar-refractivity contribution in [3.63, 3.8) is 0 Å². The third-order valence-electron chi connectivity index (χ3n) is 3.23. The molecule has 0 atom stereocenters. The Kier molecular flexibility index (Phi) is 4.09. The lowest BCUT2D eigenvalue weighted by Gasteiger charge is -2.07. The minimum absolute atomic E-state index is 0.286. The van der Waals surface area contributed by atoms with Gasteiger partial charge in [0.25, 0.3) is 0 Å². The molecular formula is C16H17N5O. The summed E-state index contributed by atoms with van der Waals surface area (Å²) >= 11 is 0. The zero-order valence-corrected chi connectivity index (χ0v) is 12.5. The molecule has 0 bridgehead atoms. The summed E-state index contributed by atoms with van der Waals surface area (Å²) in [7, 11) is 0. The van der Waals surface area contributed by atoms with Crippen LogP contribution in [-0.4, -0.2) is 25.0 Å². The molecule has 3 rings (SSSR count). The monoisotopic (exact) mass is 295 g/mol. The first-order valence-electron chi connectivity index (χ1n) is 7.14. The molecule has 0 fully saturated rings. The molecule has 3 aromatic rings. The van der Waals surface area contributed by atoms with Crippen LogP contribution >= 0.6 is 0 Å². The van der Waals surface area contributed by atoms with E-state index in [1.54, 1.807) is 23.1 Å². The Balaban J connectivity index is 1.72. The zero-order chi connectivity index (χ0) is 15.4. The number of benzene rings is 1. The quantitative estimate of drug-likeness (QED) is 0.724. The third kappa shape index (κ3) is 3.28. The van der Waals surface area contributed by atoms with Crippen LogP contribution in [0.4, 0.5) is 0 Å². The zero-order valence-electron chi connectivity index (χ0n) is 12.5. The van der Waals surface area contributed by atoms with E-state index in [1.807, 2.05) is 18.3 Å². The van der Waals surface area contributed by atoms with E-state index in [0.717, 1.165) is 11.4 Å². The summed E-state index contributed by atoms with van der Waals surface area (Å²) in [5.41, 5.74) is 2.98. The molecule has 0 amide bonds. The Morgan fingerprint density at radius 2 is 1.95 bits per heavy atom. The maximum atomic E-state index is 5.47. The molecule has 0 radical (unpaired) electrons. The number of ether oxygens (including phenoxy) is 1. The Morgan fingerprint density at radius 1 is 1.14 bits per heavy atom. The van der Waals surface area contributed by atoms with E-state index in [1.165, 1.54) is 5.56 Å². The normalized spacial score (nSPS) is 10.9. The standard InChI is InChI=1S/C16H17N5O/c1-12(2)13-5-3-6-15(9-13)21-10-14(19-20-21)11-22-16-17-7-4-8-18-16/h3-10,12H,11H2,1-2H3. The average Bonchev–Trinajstić information content (AvgIpc) is 3.03. The van der Waals surface area contributed by atoms with Crippen LogP contribution in [0.1, 0.15) is 31.0 Å². The second kappa shape index (κ2) is 6.34. The Hall–Kier alpha value is -2.76. The highest BCUT2D eigenvalue weighted by Gasteiger charge is 2.06. The molecule has 0 unspecified atom stereocenters. The van der Waals surface area contributed by atoms with Crippen molar-refractivity contribution in [2.45, 2.75) is 26.4 Å². The molecule has 2 aromatic heterocycles. The minimum atomic E-state index is 0.286. The molecular weight excluding hydrogens is 278 g/mol. The van der Waals surface area contributed by atoms with E-state index in [4.69, 9.17) is 4.74 Å². The van der Waals surface area contributed by atoms with E-state index < -0.39 is 0 Å². The number of hydrogen-bond acceptors (Lipinski definition) is 5. The lowest BCUT2D eigenvalue weighted by molar-refractivity contribution is 0.276. The van der Waals surface area contributed by atoms with Crippen LogP contribution in [-0.2, 0) is 6.61 Å². The number of hydrogen-bond donors (Lipinski definition) is 0. The number of rotatable bonds is 5. The first kappa shape index (κ1) is 14.2. The summed E-state index contributed by atoms with van der Waals surface area (Å²) in [6.07, 6.45) is 5.12. The second-order valence-electron chi connectivity index (χ2n) is 5.22. The van der Waals surface area contributed by atoms with Crippen LogP contribution in [0, 0.1) is 0 Å². The predicted octanol–water partition coefficient (Wildman–Crippen LogP) is 2.76. The Labute approximate surface area is 128 Å². The summed E-state index contributed by atoms with van der Waals surface area (Å²) in [5.74, 6) is 0.474. The van der Waals surface area contributed by atoms with E-state index in [-0.39, 0.29) is 6.61 Å². The summed E-state index contributed by atoms with van der Waals surface area (Å²) in [6, 6.07) is 10.3. The second-order valence-corrected chi connectivity index (χ2v) is 5.22. The SMILES string of the molecule is CC(C)c1cccc(-n2cc(COc3ncccn3)nn2)c1. The van der Waals surface area contributed by atoms with Gasteiger partial charge in [-0.1, -0.05) is 31.2 Å². The van der Waals surface area contributed by atoms with Gasteiger partial charge in [0.2, 0.25) is 0 Å². The summed E-state index contributed by atoms with van der Waals surface area (Å²) in [5, 5.41) is 8.26. The molecule has 2 heterocycles. The fraction of sp³-hybridized carbons (Fsp3) is 0.250. The highest BCUT2D eigenvalue weighted by molar-refractivity contribution is 5.36. The van der Waals surface area contributed by atoms with Crippen molar-refractivity contribution in [1.29, 1.82) is 0 Å². The smallest absolute Gasteiger partial charge is 0.316 e. The maximum absolute atomic E-state index is 5.47. The summed E-state index contributed by atoms with van der Waals surface area (Å²) < 4.78 is 7.21. The lowest BCUT2D eigenvalue weighted by atomic mass is 10.0. The van der Waals surface area contributed by atoms with E-state index in [2.05, 4.69) is 46.3 Å². The molecule has 6 nitrogen and oxygen atoms in total. The molecule has 22 heavy (non-hydrogen) atoms. The third-order valence-corrected chi connectivity index (χ3v) is 3.23. The fourth-order valence-electron chi connectivity index (χ4n) is 2.02. The minimum Gasteiger partial charge on any atom is -0.457 e. The maximum Gasteiger partial charge on any atom is 0.316 e. The van der Waals surface area contributed by atoms with Crippen molar-refractivity contribution in [2.24, 2.45) is 0 Å². The van der Waals surface area contributed by atoms with Gasteiger partial charge in [-0.2, -0.15) is 0 Å². The molecule has 0 aliphatic rings. The van der Waals surface area contributed by atoms with Gasteiger partial charge in [-0.05, 0) is 29.7 Å². The highest BCUT2D eigenvalue weighted by atomic mass is 16.5. The van der Waals surface area contributed by atoms with Crippen molar-refractivity contribution < 1.29 is 4.74 Å². The number of nitrogens with zero attached hydrogens (tertiary/aromatic N) is 5. The van der Waals surface area contributed by atoms with Gasteiger partial charge in [-0.3, -0.25) is 0 Å². The average molecular weight is 295 g/mol. The van der Waals surface area contributed by atoms with Gasteiger partial charge in [0.15, 0.2) is 0 Å². The van der Waals surface area contributed by atoms with Crippen molar-refractivity contribution >= 4 is 0 Å². The number of aromatic nitrogens is 5. The van der Waals surface area contributed by atoms with Gasteiger partial charge in [-0.15, -0.1) is 5.10 Å². The van der Waals surface area contributed by atoms with Crippen molar-refractivity contribution in [2.75, 3.05) is 0 Å². The van der Waals surface area contributed by atoms with Crippen LogP contribution in [0.3, 0.4) is 0 Å². The topological polar surface area (TPSA) is 65.7 Å². The van der Waals surface area contributed by atoms with Gasteiger partial charge in [-0.25, -0.2) is 14.6 Å². The largest absolute Gasteiger partial charge is 0.457 e.